The molecule has 0 aromatic rings. The number of nitriles is 1. The van der Waals surface area contributed by atoms with Crippen LogP contribution < -0.4 is 0 Å². The molecule has 4 fully saturated rings. The molecule has 6 atom stereocenters. The second kappa shape index (κ2) is 6.31. The number of rotatable bonds is 1. The molecule has 5 aliphatic rings. The zero-order valence-corrected chi connectivity index (χ0v) is 18.0. The number of ether oxygens (including phenoxy) is 3. The van der Waals surface area contributed by atoms with Crippen LogP contribution in [0.25, 0.3) is 0 Å². The minimum Gasteiger partial charge on any atom is -0.443 e. The lowest BCUT2D eigenvalue weighted by molar-refractivity contribution is -0.188. The van der Waals surface area contributed by atoms with Gasteiger partial charge >= 0.3 is 5.97 Å². The quantitative estimate of drug-likeness (QED) is 0.479. The maximum atomic E-state index is 11.8. The van der Waals surface area contributed by atoms with Gasteiger partial charge in [0.05, 0.1) is 13.2 Å². The molecule has 1 spiro atoms. The Balaban J connectivity index is 1.45. The number of allylic oxidation sites excluding steroid dienone is 1. The Morgan fingerprint density at radius 2 is 1.86 bits per heavy atom. The topological polar surface area (TPSA) is 68.6 Å². The van der Waals surface area contributed by atoms with Crippen molar-refractivity contribution in [3.63, 3.8) is 0 Å². The number of carbonyl (C=O) groups excluding carboxylic acids is 1. The summed E-state index contributed by atoms with van der Waals surface area (Å²) >= 11 is 0. The van der Waals surface area contributed by atoms with E-state index in [0.29, 0.717) is 37.4 Å². The number of hydrogen-bond donors (Lipinski definition) is 0. The molecule has 29 heavy (non-hydrogen) atoms. The summed E-state index contributed by atoms with van der Waals surface area (Å²) in [5, 5.41) is 10.1. The van der Waals surface area contributed by atoms with Crippen molar-refractivity contribution < 1.29 is 19.0 Å². The molecule has 3 saturated carbocycles. The number of nitrogens with zero attached hydrogens (tertiary/aromatic N) is 1. The first-order valence-electron chi connectivity index (χ1n) is 11.4. The SMILES string of the molecule is CC(=O)O[C@]1(C#N)CCC2C3CC=C4CC5(CC[C@]4(C)C3CC[C@@]21C)OCCO5. The van der Waals surface area contributed by atoms with Gasteiger partial charge in [0.2, 0.25) is 5.60 Å². The molecule has 158 valence electrons. The van der Waals surface area contributed by atoms with Gasteiger partial charge < -0.3 is 14.2 Å². The fraction of sp³-hybridized carbons (Fsp3) is 0.833. The van der Waals surface area contributed by atoms with Crippen molar-refractivity contribution in [3.05, 3.63) is 11.6 Å². The largest absolute Gasteiger partial charge is 0.443 e. The molecule has 5 rings (SSSR count). The summed E-state index contributed by atoms with van der Waals surface area (Å²) in [6, 6.07) is 2.45. The van der Waals surface area contributed by atoms with Gasteiger partial charge in [0.15, 0.2) is 5.79 Å². The molecule has 0 aromatic heterocycles. The van der Waals surface area contributed by atoms with Crippen molar-refractivity contribution >= 4 is 5.97 Å². The average molecular weight is 400 g/mol. The van der Waals surface area contributed by atoms with Crippen LogP contribution in [0.5, 0.6) is 0 Å². The van der Waals surface area contributed by atoms with Crippen LogP contribution in [0.3, 0.4) is 0 Å². The molecule has 0 amide bonds. The predicted octanol–water partition coefficient (Wildman–Crippen LogP) is 4.52. The molecule has 0 radical (unpaired) electrons. The summed E-state index contributed by atoms with van der Waals surface area (Å²) in [7, 11) is 0. The van der Waals surface area contributed by atoms with E-state index in [9.17, 15) is 10.1 Å². The van der Waals surface area contributed by atoms with Crippen molar-refractivity contribution in [2.75, 3.05) is 13.2 Å². The van der Waals surface area contributed by atoms with Gasteiger partial charge in [0.1, 0.15) is 6.07 Å². The van der Waals surface area contributed by atoms with E-state index in [1.54, 1.807) is 0 Å². The zero-order chi connectivity index (χ0) is 20.5. The fourth-order valence-corrected chi connectivity index (χ4v) is 7.97. The summed E-state index contributed by atoms with van der Waals surface area (Å²) < 4.78 is 17.8. The van der Waals surface area contributed by atoms with E-state index in [2.05, 4.69) is 26.0 Å². The van der Waals surface area contributed by atoms with Crippen LogP contribution in [0.1, 0.15) is 72.1 Å². The minimum absolute atomic E-state index is 0.199. The molecule has 1 saturated heterocycles. The van der Waals surface area contributed by atoms with Gasteiger partial charge in [0.25, 0.3) is 0 Å². The first-order valence-corrected chi connectivity index (χ1v) is 11.4. The van der Waals surface area contributed by atoms with Gasteiger partial charge in [-0.3, -0.25) is 4.79 Å². The predicted molar refractivity (Wildman–Crippen MR) is 106 cm³/mol. The Labute approximate surface area is 173 Å². The maximum absolute atomic E-state index is 11.8. The Bertz CT molecular complexity index is 793. The summed E-state index contributed by atoms with van der Waals surface area (Å²) in [5.41, 5.74) is 0.523. The molecule has 1 aliphatic heterocycles. The molecule has 0 aromatic carbocycles. The van der Waals surface area contributed by atoms with E-state index in [4.69, 9.17) is 14.2 Å². The van der Waals surface area contributed by atoms with Crippen molar-refractivity contribution in [1.29, 1.82) is 5.26 Å². The lowest BCUT2D eigenvalue weighted by Crippen LogP contribution is -2.56. The molecule has 1 heterocycles. The smallest absolute Gasteiger partial charge is 0.304 e. The summed E-state index contributed by atoms with van der Waals surface area (Å²) in [6.45, 7) is 7.53. The van der Waals surface area contributed by atoms with Crippen LogP contribution in [-0.4, -0.2) is 30.6 Å². The number of esters is 1. The van der Waals surface area contributed by atoms with E-state index in [-0.39, 0.29) is 22.6 Å². The van der Waals surface area contributed by atoms with Crippen molar-refractivity contribution in [2.45, 2.75) is 83.5 Å². The highest BCUT2D eigenvalue weighted by Gasteiger charge is 2.66. The Kier molecular flexibility index (Phi) is 4.26. The van der Waals surface area contributed by atoms with Gasteiger partial charge in [-0.1, -0.05) is 25.5 Å². The molecule has 0 bridgehead atoms. The lowest BCUT2D eigenvalue weighted by Gasteiger charge is -2.59. The van der Waals surface area contributed by atoms with E-state index >= 15 is 0 Å². The summed E-state index contributed by atoms with van der Waals surface area (Å²) in [6.07, 6.45) is 10.2. The highest BCUT2D eigenvalue weighted by atomic mass is 16.7. The van der Waals surface area contributed by atoms with Gasteiger partial charge in [-0.15, -0.1) is 0 Å². The maximum Gasteiger partial charge on any atom is 0.304 e. The van der Waals surface area contributed by atoms with Gasteiger partial charge in [-0.2, -0.15) is 5.26 Å². The van der Waals surface area contributed by atoms with Crippen LogP contribution in [0, 0.1) is 39.9 Å². The van der Waals surface area contributed by atoms with Crippen molar-refractivity contribution in [1.82, 2.24) is 0 Å². The van der Waals surface area contributed by atoms with E-state index in [1.807, 2.05) is 0 Å². The molecule has 5 nitrogen and oxygen atoms in total. The first-order chi connectivity index (χ1) is 13.8. The van der Waals surface area contributed by atoms with Gasteiger partial charge in [-0.05, 0) is 55.3 Å². The molecular weight excluding hydrogens is 366 g/mol. The third kappa shape index (κ3) is 2.55. The number of carbonyl (C=O) groups is 1. The number of hydrogen-bond acceptors (Lipinski definition) is 5. The molecule has 5 heteroatoms. The second-order valence-electron chi connectivity index (χ2n) is 10.6. The fourth-order valence-electron chi connectivity index (χ4n) is 7.97. The summed E-state index contributed by atoms with van der Waals surface area (Å²) in [4.78, 5) is 11.8. The Morgan fingerprint density at radius 3 is 2.55 bits per heavy atom. The Hall–Kier alpha value is -1.38. The lowest BCUT2D eigenvalue weighted by atomic mass is 9.47. The normalized spacial score (nSPS) is 47.5. The molecule has 3 unspecified atom stereocenters. The third-order valence-corrected chi connectivity index (χ3v) is 9.54. The van der Waals surface area contributed by atoms with Crippen LogP contribution in [0.2, 0.25) is 0 Å². The first kappa shape index (κ1) is 19.6. The van der Waals surface area contributed by atoms with Gasteiger partial charge in [-0.25, -0.2) is 0 Å². The minimum atomic E-state index is -0.957. The standard InChI is InChI=1S/C24H33NO4/c1-16(26)29-23(15-25)9-7-20-18-5-4-17-14-24(27-12-13-28-24)11-10-21(17,2)19(18)6-8-22(20,23)3/h4,18-20H,5-14H2,1-3H3/t18?,19?,20?,21-,22-,23-/m0/s1. The van der Waals surface area contributed by atoms with E-state index in [1.165, 1.54) is 12.5 Å². The van der Waals surface area contributed by atoms with Crippen molar-refractivity contribution in [3.8, 4) is 6.07 Å². The highest BCUT2D eigenvalue weighted by Crippen LogP contribution is 2.68. The Morgan fingerprint density at radius 1 is 1.14 bits per heavy atom. The highest BCUT2D eigenvalue weighted by molar-refractivity contribution is 5.67. The second-order valence-corrected chi connectivity index (χ2v) is 10.6. The van der Waals surface area contributed by atoms with E-state index in [0.717, 1.165) is 44.9 Å². The molecular formula is C24H33NO4. The van der Waals surface area contributed by atoms with Crippen LogP contribution in [-0.2, 0) is 19.0 Å². The van der Waals surface area contributed by atoms with Gasteiger partial charge in [0, 0.05) is 31.6 Å². The molecule has 4 aliphatic carbocycles. The third-order valence-electron chi connectivity index (χ3n) is 9.54. The summed E-state index contributed by atoms with van der Waals surface area (Å²) in [5.74, 6) is 0.922. The molecule has 0 N–H and O–H groups in total. The zero-order valence-electron chi connectivity index (χ0n) is 18.0. The van der Waals surface area contributed by atoms with Crippen LogP contribution >= 0.6 is 0 Å². The average Bonchev–Trinajstić information content (AvgIpc) is 3.25. The monoisotopic (exact) mass is 399 g/mol. The van der Waals surface area contributed by atoms with Crippen LogP contribution in [0.15, 0.2) is 11.6 Å². The van der Waals surface area contributed by atoms with E-state index < -0.39 is 5.60 Å². The van der Waals surface area contributed by atoms with Crippen LogP contribution in [0.4, 0.5) is 0 Å². The number of fused-ring (bicyclic) bond motifs is 5. The van der Waals surface area contributed by atoms with Crippen molar-refractivity contribution in [2.24, 2.45) is 28.6 Å².